The molecule has 3 aromatic carbocycles. The maximum Gasteiger partial charge on any atom is 0.189 e. The van der Waals surface area contributed by atoms with E-state index in [9.17, 15) is 12.8 Å². The van der Waals surface area contributed by atoms with Gasteiger partial charge >= 0.3 is 0 Å². The SMILES string of the molecule is Cc1ccc(S(=O)(=O)C2c3ccccc3Oc3ccc(F)cc32)cc1. The normalized spacial score (nSPS) is 15.8. The number of hydrogen-bond acceptors (Lipinski definition) is 3. The van der Waals surface area contributed by atoms with Crippen molar-refractivity contribution in [3.8, 4) is 11.5 Å². The van der Waals surface area contributed by atoms with Crippen LogP contribution in [0.2, 0.25) is 0 Å². The van der Waals surface area contributed by atoms with Crippen LogP contribution in [0.15, 0.2) is 71.6 Å². The fourth-order valence-corrected chi connectivity index (χ4v) is 4.93. The molecule has 3 aromatic rings. The van der Waals surface area contributed by atoms with E-state index in [0.717, 1.165) is 5.56 Å². The van der Waals surface area contributed by atoms with E-state index in [-0.39, 0.29) is 4.90 Å². The van der Waals surface area contributed by atoms with Gasteiger partial charge in [0.1, 0.15) is 22.6 Å². The second kappa shape index (κ2) is 5.70. The molecule has 0 aliphatic carbocycles. The fraction of sp³-hybridized carbons (Fsp3) is 0.100. The van der Waals surface area contributed by atoms with Gasteiger partial charge in [0.2, 0.25) is 0 Å². The molecule has 0 saturated heterocycles. The topological polar surface area (TPSA) is 43.4 Å². The summed E-state index contributed by atoms with van der Waals surface area (Å²) in [5.41, 5.74) is 1.80. The summed E-state index contributed by atoms with van der Waals surface area (Å²) in [4.78, 5) is 0.204. The van der Waals surface area contributed by atoms with E-state index in [0.29, 0.717) is 22.6 Å². The Morgan fingerprint density at radius 2 is 1.56 bits per heavy atom. The summed E-state index contributed by atoms with van der Waals surface area (Å²) >= 11 is 0. The molecular formula is C20H15FO3S. The lowest BCUT2D eigenvalue weighted by Crippen LogP contribution is -2.20. The van der Waals surface area contributed by atoms with Crippen molar-refractivity contribution in [2.75, 3.05) is 0 Å². The Hall–Kier alpha value is -2.66. The molecule has 1 aliphatic heterocycles. The Bertz CT molecular complexity index is 1060. The second-order valence-corrected chi connectivity index (χ2v) is 8.09. The van der Waals surface area contributed by atoms with Crippen molar-refractivity contribution in [1.29, 1.82) is 0 Å². The van der Waals surface area contributed by atoms with E-state index >= 15 is 0 Å². The molecule has 1 atom stereocenters. The molecule has 1 unspecified atom stereocenters. The van der Waals surface area contributed by atoms with Gasteiger partial charge in [-0.25, -0.2) is 12.8 Å². The molecule has 0 fully saturated rings. The van der Waals surface area contributed by atoms with Crippen LogP contribution < -0.4 is 4.74 Å². The molecule has 126 valence electrons. The zero-order valence-corrected chi connectivity index (χ0v) is 14.3. The summed E-state index contributed by atoms with van der Waals surface area (Å²) in [6.45, 7) is 1.89. The highest BCUT2D eigenvalue weighted by Gasteiger charge is 2.38. The van der Waals surface area contributed by atoms with Crippen LogP contribution in [0.5, 0.6) is 11.5 Å². The first-order valence-corrected chi connectivity index (χ1v) is 9.38. The number of fused-ring (bicyclic) bond motifs is 2. The zero-order chi connectivity index (χ0) is 17.6. The predicted octanol–water partition coefficient (Wildman–Crippen LogP) is 4.80. The van der Waals surface area contributed by atoms with E-state index < -0.39 is 20.9 Å². The summed E-state index contributed by atoms with van der Waals surface area (Å²) in [6, 6.07) is 17.6. The Morgan fingerprint density at radius 3 is 2.32 bits per heavy atom. The number of benzene rings is 3. The van der Waals surface area contributed by atoms with E-state index in [1.165, 1.54) is 18.2 Å². The number of ether oxygens (including phenoxy) is 1. The number of sulfone groups is 1. The average Bonchev–Trinajstić information content (AvgIpc) is 2.60. The molecule has 0 N–H and O–H groups in total. The van der Waals surface area contributed by atoms with Gasteiger partial charge in [-0.2, -0.15) is 0 Å². The third-order valence-electron chi connectivity index (χ3n) is 4.34. The number of aryl methyl sites for hydroxylation is 1. The largest absolute Gasteiger partial charge is 0.457 e. The Balaban J connectivity index is 1.97. The summed E-state index contributed by atoms with van der Waals surface area (Å²) in [6.07, 6.45) is 0. The van der Waals surface area contributed by atoms with Crippen molar-refractivity contribution in [3.63, 3.8) is 0 Å². The van der Waals surface area contributed by atoms with Gasteiger partial charge in [-0.05, 0) is 43.3 Å². The van der Waals surface area contributed by atoms with Crippen LogP contribution in [0.4, 0.5) is 4.39 Å². The van der Waals surface area contributed by atoms with E-state index in [1.807, 2.05) is 6.92 Å². The minimum atomic E-state index is -3.77. The highest BCUT2D eigenvalue weighted by Crippen LogP contribution is 2.48. The maximum atomic E-state index is 13.8. The molecule has 1 heterocycles. The van der Waals surface area contributed by atoms with Crippen LogP contribution in [0.3, 0.4) is 0 Å². The molecular weight excluding hydrogens is 339 g/mol. The molecule has 0 saturated carbocycles. The molecule has 0 aromatic heterocycles. The van der Waals surface area contributed by atoms with Gasteiger partial charge in [-0.3, -0.25) is 0 Å². The van der Waals surface area contributed by atoms with E-state index in [1.54, 1.807) is 48.5 Å². The van der Waals surface area contributed by atoms with Crippen molar-refractivity contribution >= 4 is 9.84 Å². The first-order chi connectivity index (χ1) is 12.0. The third kappa shape index (κ3) is 2.61. The highest BCUT2D eigenvalue weighted by atomic mass is 32.2. The lowest BCUT2D eigenvalue weighted by Gasteiger charge is -2.28. The molecule has 1 aliphatic rings. The summed E-state index contributed by atoms with van der Waals surface area (Å²) in [5, 5.41) is -1.01. The van der Waals surface area contributed by atoms with E-state index in [4.69, 9.17) is 4.74 Å². The molecule has 25 heavy (non-hydrogen) atoms. The lowest BCUT2D eigenvalue weighted by atomic mass is 10.00. The van der Waals surface area contributed by atoms with Crippen LogP contribution >= 0.6 is 0 Å². The summed E-state index contributed by atoms with van der Waals surface area (Å²) in [5.74, 6) is 0.342. The standard InChI is InChI=1S/C20H15FO3S/c1-13-6-9-15(10-7-13)25(22,23)20-16-4-2-3-5-18(16)24-19-11-8-14(21)12-17(19)20/h2-12,20H,1H3. The minimum absolute atomic E-state index is 0.204. The van der Waals surface area contributed by atoms with E-state index in [2.05, 4.69) is 0 Å². The highest BCUT2D eigenvalue weighted by molar-refractivity contribution is 7.92. The van der Waals surface area contributed by atoms with Crippen molar-refractivity contribution in [2.24, 2.45) is 0 Å². The molecule has 0 radical (unpaired) electrons. The van der Waals surface area contributed by atoms with Gasteiger partial charge in [0.05, 0.1) is 4.90 Å². The van der Waals surface area contributed by atoms with Gasteiger partial charge in [0.15, 0.2) is 9.84 Å². The third-order valence-corrected chi connectivity index (χ3v) is 6.39. The van der Waals surface area contributed by atoms with Crippen LogP contribution in [0, 0.1) is 12.7 Å². The first-order valence-electron chi connectivity index (χ1n) is 7.83. The Kier molecular flexibility index (Phi) is 3.62. The van der Waals surface area contributed by atoms with Crippen molar-refractivity contribution in [2.45, 2.75) is 17.1 Å². The molecule has 0 amide bonds. The second-order valence-electron chi connectivity index (χ2n) is 6.06. The maximum absolute atomic E-state index is 13.8. The minimum Gasteiger partial charge on any atom is -0.457 e. The zero-order valence-electron chi connectivity index (χ0n) is 13.4. The Morgan fingerprint density at radius 1 is 0.880 bits per heavy atom. The van der Waals surface area contributed by atoms with Gasteiger partial charge in [0.25, 0.3) is 0 Å². The van der Waals surface area contributed by atoms with Crippen molar-refractivity contribution in [3.05, 3.63) is 89.2 Å². The quantitative estimate of drug-likeness (QED) is 0.664. The molecule has 0 bridgehead atoms. The van der Waals surface area contributed by atoms with Gasteiger partial charge < -0.3 is 4.74 Å². The van der Waals surface area contributed by atoms with Crippen LogP contribution in [-0.4, -0.2) is 8.42 Å². The number of para-hydroxylation sites is 1. The summed E-state index contributed by atoms with van der Waals surface area (Å²) < 4.78 is 46.3. The number of hydrogen-bond donors (Lipinski definition) is 0. The molecule has 0 spiro atoms. The fourth-order valence-electron chi connectivity index (χ4n) is 3.09. The van der Waals surface area contributed by atoms with Gasteiger partial charge in [0, 0.05) is 11.1 Å². The van der Waals surface area contributed by atoms with Gasteiger partial charge in [-0.1, -0.05) is 35.9 Å². The first kappa shape index (κ1) is 15.8. The Labute approximate surface area is 145 Å². The van der Waals surface area contributed by atoms with Crippen LogP contribution in [0.1, 0.15) is 21.9 Å². The predicted molar refractivity (Wildman–Crippen MR) is 93.1 cm³/mol. The summed E-state index contributed by atoms with van der Waals surface area (Å²) in [7, 11) is -3.77. The van der Waals surface area contributed by atoms with Crippen molar-refractivity contribution in [1.82, 2.24) is 0 Å². The van der Waals surface area contributed by atoms with Crippen molar-refractivity contribution < 1.29 is 17.5 Å². The van der Waals surface area contributed by atoms with Crippen LogP contribution in [0.25, 0.3) is 0 Å². The molecule has 4 rings (SSSR count). The number of rotatable bonds is 2. The molecule has 3 nitrogen and oxygen atoms in total. The van der Waals surface area contributed by atoms with Gasteiger partial charge in [-0.15, -0.1) is 0 Å². The monoisotopic (exact) mass is 354 g/mol. The lowest BCUT2D eigenvalue weighted by molar-refractivity contribution is 0.452. The molecule has 5 heteroatoms. The van der Waals surface area contributed by atoms with Crippen LogP contribution in [-0.2, 0) is 9.84 Å². The average molecular weight is 354 g/mol. The smallest absolute Gasteiger partial charge is 0.189 e. The number of halogens is 1.